The van der Waals surface area contributed by atoms with Crippen LogP contribution in [0, 0.1) is 6.92 Å². The molecule has 0 unspecified atom stereocenters. The normalized spacial score (nSPS) is 11.1. The predicted molar refractivity (Wildman–Crippen MR) is 88.3 cm³/mol. The molecule has 0 amide bonds. The first-order valence-corrected chi connectivity index (χ1v) is 7.51. The van der Waals surface area contributed by atoms with Crippen molar-refractivity contribution < 1.29 is 0 Å². The highest BCUT2D eigenvalue weighted by Gasteiger charge is 2.13. The third-order valence-electron chi connectivity index (χ3n) is 3.89. The number of aryl methyl sites for hydroxylation is 2. The van der Waals surface area contributed by atoms with Gasteiger partial charge in [-0.1, -0.05) is 11.6 Å². The summed E-state index contributed by atoms with van der Waals surface area (Å²) in [6.07, 6.45) is 6.95. The number of H-pyrrole nitrogens is 1. The Morgan fingerprint density at radius 3 is 2.86 bits per heavy atom. The van der Waals surface area contributed by atoms with E-state index in [1.807, 2.05) is 18.5 Å². The number of aromatic amines is 1. The van der Waals surface area contributed by atoms with Crippen LogP contribution in [-0.2, 0) is 6.42 Å². The molecule has 0 bridgehead atoms. The highest BCUT2D eigenvalue weighted by atomic mass is 14.7. The zero-order valence-corrected chi connectivity index (χ0v) is 12.4. The molecule has 0 saturated carbocycles. The molecule has 0 atom stereocenters. The lowest BCUT2D eigenvalue weighted by Crippen LogP contribution is -1.99. The molecule has 0 spiro atoms. The lowest BCUT2D eigenvalue weighted by molar-refractivity contribution is 0.748. The molecule has 1 aromatic carbocycles. The molecule has 0 radical (unpaired) electrons. The van der Waals surface area contributed by atoms with Crippen LogP contribution in [0.3, 0.4) is 0 Å². The van der Waals surface area contributed by atoms with Crippen LogP contribution < -0.4 is 5.73 Å². The van der Waals surface area contributed by atoms with E-state index in [2.05, 4.69) is 41.2 Å². The van der Waals surface area contributed by atoms with Crippen molar-refractivity contribution in [2.45, 2.75) is 26.2 Å². The van der Waals surface area contributed by atoms with Crippen molar-refractivity contribution in [2.75, 3.05) is 6.54 Å². The number of pyridine rings is 1. The number of unbranched alkanes of at least 4 members (excludes halogenated alkanes) is 1. The molecule has 0 fully saturated rings. The number of nitrogens with one attached hydrogen (secondary N) is 1. The van der Waals surface area contributed by atoms with Gasteiger partial charge in [0.2, 0.25) is 0 Å². The number of benzene rings is 1. The average molecular weight is 279 g/mol. The summed E-state index contributed by atoms with van der Waals surface area (Å²) >= 11 is 0. The molecule has 0 saturated heterocycles. The minimum atomic E-state index is 0.754. The summed E-state index contributed by atoms with van der Waals surface area (Å²) in [5.74, 6) is 0. The number of hydrogen-bond acceptors (Lipinski definition) is 2. The summed E-state index contributed by atoms with van der Waals surface area (Å²) < 4.78 is 0. The van der Waals surface area contributed by atoms with E-state index in [1.165, 1.54) is 27.7 Å². The summed E-state index contributed by atoms with van der Waals surface area (Å²) in [5.41, 5.74) is 11.9. The monoisotopic (exact) mass is 279 g/mol. The van der Waals surface area contributed by atoms with Crippen LogP contribution in [0.5, 0.6) is 0 Å². The fourth-order valence-electron chi connectivity index (χ4n) is 2.82. The largest absolute Gasteiger partial charge is 0.354 e. The summed E-state index contributed by atoms with van der Waals surface area (Å²) in [5, 5.41) is 1.32. The number of rotatable bonds is 5. The Labute approximate surface area is 125 Å². The maximum Gasteiger partial charge on any atom is 0.0512 e. The molecular formula is C18H21N3. The number of nitrogens with zero attached hydrogens (tertiary/aromatic N) is 1. The smallest absolute Gasteiger partial charge is 0.0512 e. The quantitative estimate of drug-likeness (QED) is 0.698. The second kappa shape index (κ2) is 6.10. The Morgan fingerprint density at radius 1 is 1.19 bits per heavy atom. The average Bonchev–Trinajstić information content (AvgIpc) is 2.87. The molecule has 3 heteroatoms. The van der Waals surface area contributed by atoms with Gasteiger partial charge in [-0.25, -0.2) is 0 Å². The summed E-state index contributed by atoms with van der Waals surface area (Å²) in [6.45, 7) is 2.89. The fraction of sp³-hybridized carbons (Fsp3) is 0.278. The zero-order valence-electron chi connectivity index (χ0n) is 12.4. The molecule has 0 aliphatic carbocycles. The first kappa shape index (κ1) is 13.8. The van der Waals surface area contributed by atoms with Crippen molar-refractivity contribution in [3.63, 3.8) is 0 Å². The van der Waals surface area contributed by atoms with Crippen LogP contribution in [0.2, 0.25) is 0 Å². The van der Waals surface area contributed by atoms with Gasteiger partial charge in [0, 0.05) is 28.9 Å². The standard InChI is InChI=1S/C18H21N3/c1-13-7-8-17-16(11-13)15(6-2-3-9-19)18(21-17)14-5-4-10-20-12-14/h4-5,7-8,10-12,21H,2-3,6,9,19H2,1H3. The van der Waals surface area contributed by atoms with Gasteiger partial charge in [-0.2, -0.15) is 0 Å². The molecule has 0 aliphatic heterocycles. The van der Waals surface area contributed by atoms with E-state index in [9.17, 15) is 0 Å². The van der Waals surface area contributed by atoms with Gasteiger partial charge in [-0.05, 0) is 62.6 Å². The van der Waals surface area contributed by atoms with Crippen LogP contribution in [0.25, 0.3) is 22.2 Å². The molecular weight excluding hydrogens is 258 g/mol. The lowest BCUT2D eigenvalue weighted by atomic mass is 10.0. The van der Waals surface area contributed by atoms with E-state index in [4.69, 9.17) is 5.73 Å². The van der Waals surface area contributed by atoms with Crippen LogP contribution in [0.15, 0.2) is 42.7 Å². The van der Waals surface area contributed by atoms with E-state index >= 15 is 0 Å². The van der Waals surface area contributed by atoms with Crippen molar-refractivity contribution in [3.8, 4) is 11.3 Å². The van der Waals surface area contributed by atoms with E-state index in [0.717, 1.165) is 31.4 Å². The zero-order chi connectivity index (χ0) is 14.7. The first-order chi connectivity index (χ1) is 10.3. The maximum absolute atomic E-state index is 5.64. The van der Waals surface area contributed by atoms with Crippen LogP contribution >= 0.6 is 0 Å². The Balaban J connectivity index is 2.11. The molecule has 0 aliphatic rings. The van der Waals surface area contributed by atoms with Gasteiger partial charge in [0.25, 0.3) is 0 Å². The molecule has 21 heavy (non-hydrogen) atoms. The Kier molecular flexibility index (Phi) is 4.02. The topological polar surface area (TPSA) is 54.7 Å². The van der Waals surface area contributed by atoms with Crippen LogP contribution in [0.4, 0.5) is 0 Å². The van der Waals surface area contributed by atoms with Crippen molar-refractivity contribution >= 4 is 10.9 Å². The van der Waals surface area contributed by atoms with Gasteiger partial charge >= 0.3 is 0 Å². The number of hydrogen-bond donors (Lipinski definition) is 2. The van der Waals surface area contributed by atoms with E-state index in [0.29, 0.717) is 0 Å². The van der Waals surface area contributed by atoms with Crippen molar-refractivity contribution in [3.05, 3.63) is 53.9 Å². The second-order valence-electron chi connectivity index (χ2n) is 5.52. The minimum absolute atomic E-state index is 0.754. The van der Waals surface area contributed by atoms with E-state index in [1.54, 1.807) is 0 Å². The van der Waals surface area contributed by atoms with Gasteiger partial charge in [-0.15, -0.1) is 0 Å². The van der Waals surface area contributed by atoms with Gasteiger partial charge < -0.3 is 10.7 Å². The second-order valence-corrected chi connectivity index (χ2v) is 5.52. The molecule has 3 nitrogen and oxygen atoms in total. The minimum Gasteiger partial charge on any atom is -0.354 e. The lowest BCUT2D eigenvalue weighted by Gasteiger charge is -2.05. The highest BCUT2D eigenvalue weighted by molar-refractivity contribution is 5.91. The number of nitrogens with two attached hydrogens (primary N) is 1. The molecule has 3 N–H and O–H groups in total. The van der Waals surface area contributed by atoms with Gasteiger partial charge in [0.1, 0.15) is 0 Å². The third-order valence-corrected chi connectivity index (χ3v) is 3.89. The van der Waals surface area contributed by atoms with Crippen molar-refractivity contribution in [2.24, 2.45) is 5.73 Å². The Hall–Kier alpha value is -2.13. The van der Waals surface area contributed by atoms with Gasteiger partial charge in [0.15, 0.2) is 0 Å². The van der Waals surface area contributed by atoms with Crippen molar-refractivity contribution in [1.29, 1.82) is 0 Å². The highest BCUT2D eigenvalue weighted by Crippen LogP contribution is 2.31. The maximum atomic E-state index is 5.64. The summed E-state index contributed by atoms with van der Waals surface area (Å²) in [4.78, 5) is 7.81. The van der Waals surface area contributed by atoms with Crippen LogP contribution in [0.1, 0.15) is 24.0 Å². The van der Waals surface area contributed by atoms with E-state index in [-0.39, 0.29) is 0 Å². The number of aromatic nitrogens is 2. The van der Waals surface area contributed by atoms with Crippen molar-refractivity contribution in [1.82, 2.24) is 9.97 Å². The Morgan fingerprint density at radius 2 is 2.10 bits per heavy atom. The molecule has 2 aromatic heterocycles. The summed E-state index contributed by atoms with van der Waals surface area (Å²) in [7, 11) is 0. The molecule has 108 valence electrons. The van der Waals surface area contributed by atoms with E-state index < -0.39 is 0 Å². The summed E-state index contributed by atoms with van der Waals surface area (Å²) in [6, 6.07) is 10.7. The number of fused-ring (bicyclic) bond motifs is 1. The Bertz CT molecular complexity index is 729. The first-order valence-electron chi connectivity index (χ1n) is 7.51. The third kappa shape index (κ3) is 2.83. The van der Waals surface area contributed by atoms with Gasteiger partial charge in [-0.3, -0.25) is 4.98 Å². The van der Waals surface area contributed by atoms with Gasteiger partial charge in [0.05, 0.1) is 5.69 Å². The molecule has 2 heterocycles. The predicted octanol–water partition coefficient (Wildman–Crippen LogP) is 3.82. The SMILES string of the molecule is Cc1ccc2[nH]c(-c3cccnc3)c(CCCCN)c2c1. The molecule has 3 aromatic rings. The van der Waals surface area contributed by atoms with Crippen LogP contribution in [-0.4, -0.2) is 16.5 Å². The molecule has 3 rings (SSSR count). The fourth-order valence-corrected chi connectivity index (χ4v) is 2.82.